The highest BCUT2D eigenvalue weighted by Crippen LogP contribution is 2.22. The lowest BCUT2D eigenvalue weighted by Crippen LogP contribution is -2.91. The van der Waals surface area contributed by atoms with E-state index in [1.807, 2.05) is 55.5 Å². The number of carbonyl (C=O) groups is 1. The van der Waals surface area contributed by atoms with Gasteiger partial charge in [-0.25, -0.2) is 0 Å². The van der Waals surface area contributed by atoms with Gasteiger partial charge >= 0.3 is 0 Å². The number of morpholine rings is 1. The summed E-state index contributed by atoms with van der Waals surface area (Å²) in [4.78, 5) is 14.9. The van der Waals surface area contributed by atoms with E-state index in [0.717, 1.165) is 49.0 Å². The van der Waals surface area contributed by atoms with Crippen molar-refractivity contribution in [3.63, 3.8) is 0 Å². The van der Waals surface area contributed by atoms with Gasteiger partial charge in [0.05, 0.1) is 25.9 Å². The summed E-state index contributed by atoms with van der Waals surface area (Å²) in [5.41, 5.74) is 3.05. The Hall–Kier alpha value is -2.57. The number of nitrogens with zero attached hydrogens (tertiary/aromatic N) is 1. The molecule has 3 N–H and O–H groups in total. The molecule has 1 fully saturated rings. The molecule has 2 aromatic rings. The van der Waals surface area contributed by atoms with Crippen molar-refractivity contribution in [1.29, 1.82) is 0 Å². The van der Waals surface area contributed by atoms with Crippen LogP contribution in [0.4, 0.5) is 11.4 Å². The van der Waals surface area contributed by atoms with Crippen molar-refractivity contribution in [2.24, 2.45) is 0 Å². The van der Waals surface area contributed by atoms with Gasteiger partial charge in [-0.05, 0) is 50.2 Å². The first kappa shape index (κ1) is 20.2. The number of nitrogens with two attached hydrogens (primary N) is 1. The van der Waals surface area contributed by atoms with Crippen LogP contribution in [0, 0.1) is 0 Å². The molecule has 6 heteroatoms. The highest BCUT2D eigenvalue weighted by molar-refractivity contribution is 5.93. The van der Waals surface area contributed by atoms with Crippen LogP contribution in [0.5, 0.6) is 5.75 Å². The second-order valence-electron chi connectivity index (χ2n) is 7.15. The number of benzene rings is 2. The molecule has 1 aliphatic rings. The standard InChI is InChI=1S/C22H29N3O3/c1-16(20-6-4-5-7-21(20)27-3)23-17(2)22(26)24-18-8-10-19(11-9-18)25-12-14-28-15-13-25/h4-11,16-17,23H,12-15H2,1-3H3,(H,24,26)/p+1/t16-,17-/m1/s1. The zero-order chi connectivity index (χ0) is 19.9. The second-order valence-corrected chi connectivity index (χ2v) is 7.15. The minimum Gasteiger partial charge on any atom is -0.496 e. The molecule has 0 unspecified atom stereocenters. The van der Waals surface area contributed by atoms with E-state index in [1.165, 1.54) is 0 Å². The number of methoxy groups -OCH3 is 1. The summed E-state index contributed by atoms with van der Waals surface area (Å²) in [7, 11) is 1.67. The van der Waals surface area contributed by atoms with Crippen LogP contribution in [0.2, 0.25) is 0 Å². The minimum absolute atomic E-state index is 0.0131. The normalized spacial score (nSPS) is 16.3. The van der Waals surface area contributed by atoms with Crippen molar-refractivity contribution in [2.45, 2.75) is 25.9 Å². The Morgan fingerprint density at radius 3 is 2.46 bits per heavy atom. The van der Waals surface area contributed by atoms with Crippen LogP contribution in [0.3, 0.4) is 0 Å². The molecule has 0 aromatic heterocycles. The first-order valence-electron chi connectivity index (χ1n) is 9.80. The zero-order valence-electron chi connectivity index (χ0n) is 16.9. The van der Waals surface area contributed by atoms with E-state index in [2.05, 4.69) is 22.5 Å². The van der Waals surface area contributed by atoms with Crippen molar-refractivity contribution in [2.75, 3.05) is 43.6 Å². The Balaban J connectivity index is 1.56. The number of carbonyl (C=O) groups excluding carboxylic acids is 1. The molecular weight excluding hydrogens is 354 g/mol. The molecule has 2 aromatic carbocycles. The average Bonchev–Trinajstić information content (AvgIpc) is 2.74. The predicted octanol–water partition coefficient (Wildman–Crippen LogP) is 2.18. The number of hydrogen-bond acceptors (Lipinski definition) is 4. The van der Waals surface area contributed by atoms with Gasteiger partial charge < -0.3 is 25.0 Å². The van der Waals surface area contributed by atoms with E-state index < -0.39 is 0 Å². The summed E-state index contributed by atoms with van der Waals surface area (Å²) < 4.78 is 10.8. The fourth-order valence-electron chi connectivity index (χ4n) is 3.50. The minimum atomic E-state index is -0.223. The molecule has 1 saturated heterocycles. The van der Waals surface area contributed by atoms with Gasteiger partial charge in [0.25, 0.3) is 5.91 Å². The van der Waals surface area contributed by atoms with Crippen LogP contribution in [0.1, 0.15) is 25.5 Å². The number of anilines is 2. The molecule has 0 saturated carbocycles. The third-order valence-corrected chi connectivity index (χ3v) is 5.13. The van der Waals surface area contributed by atoms with Gasteiger partial charge in [0.15, 0.2) is 6.04 Å². The van der Waals surface area contributed by atoms with E-state index in [4.69, 9.17) is 9.47 Å². The highest BCUT2D eigenvalue weighted by atomic mass is 16.5. The Morgan fingerprint density at radius 1 is 1.11 bits per heavy atom. The van der Waals surface area contributed by atoms with Crippen LogP contribution in [0.25, 0.3) is 0 Å². The number of nitrogens with one attached hydrogen (secondary N) is 1. The molecule has 1 aliphatic heterocycles. The summed E-state index contributed by atoms with van der Waals surface area (Å²) in [6.07, 6.45) is 0. The monoisotopic (exact) mass is 384 g/mol. The summed E-state index contributed by atoms with van der Waals surface area (Å²) in [5, 5.41) is 5.06. The van der Waals surface area contributed by atoms with Gasteiger partial charge in [-0.1, -0.05) is 12.1 Å². The number of ether oxygens (including phenoxy) is 2. The Kier molecular flexibility index (Phi) is 6.90. The fourth-order valence-corrected chi connectivity index (χ4v) is 3.50. The molecule has 0 spiro atoms. The maximum Gasteiger partial charge on any atom is 0.282 e. The number of amides is 1. The van der Waals surface area contributed by atoms with Gasteiger partial charge in [0.2, 0.25) is 0 Å². The van der Waals surface area contributed by atoms with Gasteiger partial charge in [0, 0.05) is 24.5 Å². The fraction of sp³-hybridized carbons (Fsp3) is 0.409. The second kappa shape index (κ2) is 9.57. The average molecular weight is 385 g/mol. The summed E-state index contributed by atoms with van der Waals surface area (Å²) in [5.74, 6) is 0.832. The van der Waals surface area contributed by atoms with E-state index >= 15 is 0 Å². The summed E-state index contributed by atoms with van der Waals surface area (Å²) in [6.45, 7) is 7.33. The van der Waals surface area contributed by atoms with Crippen LogP contribution in [0.15, 0.2) is 48.5 Å². The van der Waals surface area contributed by atoms with Crippen LogP contribution in [-0.4, -0.2) is 45.4 Å². The molecule has 1 amide bonds. The molecule has 28 heavy (non-hydrogen) atoms. The maximum absolute atomic E-state index is 12.6. The van der Waals surface area contributed by atoms with Gasteiger partial charge in [-0.3, -0.25) is 4.79 Å². The van der Waals surface area contributed by atoms with Crippen molar-refractivity contribution >= 4 is 17.3 Å². The van der Waals surface area contributed by atoms with Crippen molar-refractivity contribution < 1.29 is 19.6 Å². The SMILES string of the molecule is COc1ccccc1[C@@H](C)[NH2+][C@H](C)C(=O)Nc1ccc(N2CCOCC2)cc1. The topological polar surface area (TPSA) is 67.4 Å². The van der Waals surface area contributed by atoms with E-state index in [-0.39, 0.29) is 18.0 Å². The lowest BCUT2D eigenvalue weighted by molar-refractivity contribution is -0.709. The molecule has 3 rings (SSSR count). The number of para-hydroxylation sites is 1. The van der Waals surface area contributed by atoms with Crippen molar-refractivity contribution in [1.82, 2.24) is 0 Å². The van der Waals surface area contributed by atoms with E-state index in [0.29, 0.717) is 0 Å². The molecule has 150 valence electrons. The van der Waals surface area contributed by atoms with Crippen molar-refractivity contribution in [3.8, 4) is 5.75 Å². The molecule has 0 bridgehead atoms. The zero-order valence-corrected chi connectivity index (χ0v) is 16.9. The Labute approximate surface area is 166 Å². The smallest absolute Gasteiger partial charge is 0.282 e. The molecule has 1 heterocycles. The Bertz CT molecular complexity index is 773. The van der Waals surface area contributed by atoms with E-state index in [9.17, 15) is 4.79 Å². The number of quaternary nitrogens is 1. The lowest BCUT2D eigenvalue weighted by Gasteiger charge is -2.29. The van der Waals surface area contributed by atoms with Gasteiger partial charge in [-0.15, -0.1) is 0 Å². The maximum atomic E-state index is 12.6. The summed E-state index contributed by atoms with van der Waals surface area (Å²) >= 11 is 0. The third kappa shape index (κ3) is 5.03. The first-order valence-corrected chi connectivity index (χ1v) is 9.80. The largest absolute Gasteiger partial charge is 0.496 e. The van der Waals surface area contributed by atoms with Crippen molar-refractivity contribution in [3.05, 3.63) is 54.1 Å². The molecule has 0 radical (unpaired) electrons. The lowest BCUT2D eigenvalue weighted by atomic mass is 10.1. The number of rotatable bonds is 7. The van der Waals surface area contributed by atoms with Gasteiger partial charge in [-0.2, -0.15) is 0 Å². The van der Waals surface area contributed by atoms with Crippen LogP contribution >= 0.6 is 0 Å². The molecule has 0 aliphatic carbocycles. The predicted molar refractivity (Wildman–Crippen MR) is 111 cm³/mol. The molecule has 6 nitrogen and oxygen atoms in total. The van der Waals surface area contributed by atoms with Crippen LogP contribution < -0.4 is 20.3 Å². The van der Waals surface area contributed by atoms with Gasteiger partial charge in [0.1, 0.15) is 11.8 Å². The van der Waals surface area contributed by atoms with E-state index in [1.54, 1.807) is 7.11 Å². The molecular formula is C22H30N3O3+. The molecule has 2 atom stereocenters. The summed E-state index contributed by atoms with van der Waals surface area (Å²) in [6, 6.07) is 15.8. The first-order chi connectivity index (χ1) is 13.6. The quantitative estimate of drug-likeness (QED) is 0.768. The highest BCUT2D eigenvalue weighted by Gasteiger charge is 2.22. The van der Waals surface area contributed by atoms with Crippen LogP contribution in [-0.2, 0) is 9.53 Å². The Morgan fingerprint density at radius 2 is 1.79 bits per heavy atom. The third-order valence-electron chi connectivity index (χ3n) is 5.13. The number of hydrogen-bond donors (Lipinski definition) is 2.